The van der Waals surface area contributed by atoms with Crippen LogP contribution in [0.3, 0.4) is 0 Å². The smallest absolute Gasteiger partial charge is 0.261 e. The number of anilines is 1. The Bertz CT molecular complexity index is 1250. The van der Waals surface area contributed by atoms with Gasteiger partial charge in [-0.1, -0.05) is 52.6 Å². The van der Waals surface area contributed by atoms with Gasteiger partial charge in [0.05, 0.1) is 16.3 Å². The van der Waals surface area contributed by atoms with Crippen molar-refractivity contribution < 1.29 is 4.79 Å². The van der Waals surface area contributed by atoms with E-state index in [4.69, 9.17) is 28.9 Å². The zero-order chi connectivity index (χ0) is 21.1. The van der Waals surface area contributed by atoms with Crippen LogP contribution in [0.1, 0.15) is 11.1 Å². The molecule has 0 aliphatic carbocycles. The van der Waals surface area contributed by atoms with Gasteiger partial charge >= 0.3 is 0 Å². The summed E-state index contributed by atoms with van der Waals surface area (Å²) < 4.78 is 3.26. The van der Waals surface area contributed by atoms with Crippen LogP contribution in [0, 0.1) is 0 Å². The van der Waals surface area contributed by atoms with E-state index in [0.29, 0.717) is 16.6 Å². The molecule has 152 valence electrons. The molecule has 30 heavy (non-hydrogen) atoms. The van der Waals surface area contributed by atoms with Gasteiger partial charge in [0.25, 0.3) is 5.91 Å². The van der Waals surface area contributed by atoms with E-state index in [0.717, 1.165) is 22.0 Å². The Morgan fingerprint density at radius 1 is 1.20 bits per heavy atom. The molecule has 0 fully saturated rings. The maximum atomic E-state index is 12.0. The predicted octanol–water partition coefficient (Wildman–Crippen LogP) is 2.72. The van der Waals surface area contributed by atoms with Crippen molar-refractivity contribution in [1.29, 1.82) is 0 Å². The Morgan fingerprint density at radius 3 is 2.80 bits per heavy atom. The van der Waals surface area contributed by atoms with Crippen molar-refractivity contribution in [2.75, 3.05) is 5.73 Å². The van der Waals surface area contributed by atoms with Crippen LogP contribution >= 0.6 is 23.2 Å². The summed E-state index contributed by atoms with van der Waals surface area (Å²) in [4.78, 5) is 12.0. The van der Waals surface area contributed by atoms with Crippen LogP contribution in [0.5, 0.6) is 0 Å². The second kappa shape index (κ2) is 8.52. The van der Waals surface area contributed by atoms with E-state index in [1.54, 1.807) is 12.3 Å². The molecule has 0 aliphatic heterocycles. The van der Waals surface area contributed by atoms with E-state index in [-0.39, 0.29) is 12.5 Å². The minimum absolute atomic E-state index is 0.0551. The van der Waals surface area contributed by atoms with Crippen molar-refractivity contribution >= 4 is 52.2 Å². The van der Waals surface area contributed by atoms with Crippen molar-refractivity contribution in [2.24, 2.45) is 5.10 Å². The summed E-state index contributed by atoms with van der Waals surface area (Å²) >= 11 is 12.1. The van der Waals surface area contributed by atoms with Crippen molar-refractivity contribution in [1.82, 2.24) is 30.2 Å². The Hall–Kier alpha value is -3.43. The van der Waals surface area contributed by atoms with Gasteiger partial charge in [0.15, 0.2) is 0 Å². The SMILES string of the molecule is Nc1nnnn1CC(=O)N/N=C/c1cn(Cc2ccc(Cl)c(Cl)c2)c2ccccc12. The molecule has 0 aliphatic rings. The molecule has 2 heterocycles. The summed E-state index contributed by atoms with van der Waals surface area (Å²) in [6, 6.07) is 13.5. The second-order valence-electron chi connectivity index (χ2n) is 6.47. The fraction of sp³-hybridized carbons (Fsp3) is 0.105. The molecule has 0 unspecified atom stereocenters. The Morgan fingerprint density at radius 2 is 2.03 bits per heavy atom. The number of amides is 1. The Kier molecular flexibility index (Phi) is 5.64. The number of benzene rings is 2. The first kappa shape index (κ1) is 19.9. The quantitative estimate of drug-likeness (QED) is 0.351. The first-order chi connectivity index (χ1) is 14.5. The molecule has 0 bridgehead atoms. The lowest BCUT2D eigenvalue weighted by Crippen LogP contribution is -2.24. The third kappa shape index (κ3) is 4.27. The van der Waals surface area contributed by atoms with Gasteiger partial charge in [0.1, 0.15) is 6.54 Å². The number of para-hydroxylation sites is 1. The van der Waals surface area contributed by atoms with E-state index in [1.165, 1.54) is 4.68 Å². The number of hydrogen-bond acceptors (Lipinski definition) is 6. The molecule has 11 heteroatoms. The van der Waals surface area contributed by atoms with Crippen molar-refractivity contribution in [3.8, 4) is 0 Å². The highest BCUT2D eigenvalue weighted by molar-refractivity contribution is 6.42. The number of fused-ring (bicyclic) bond motifs is 1. The first-order valence-electron chi connectivity index (χ1n) is 8.86. The highest BCUT2D eigenvalue weighted by Gasteiger charge is 2.09. The third-order valence-corrected chi connectivity index (χ3v) is 5.14. The molecule has 2 aromatic heterocycles. The molecule has 0 saturated heterocycles. The zero-order valence-electron chi connectivity index (χ0n) is 15.5. The lowest BCUT2D eigenvalue weighted by Gasteiger charge is -2.06. The number of carbonyl (C=O) groups is 1. The number of nitrogen functional groups attached to an aromatic ring is 1. The van der Waals surface area contributed by atoms with Gasteiger partial charge in [-0.15, -0.1) is 0 Å². The maximum absolute atomic E-state index is 12.0. The van der Waals surface area contributed by atoms with Gasteiger partial charge in [0.2, 0.25) is 5.95 Å². The summed E-state index contributed by atoms with van der Waals surface area (Å²) in [5.41, 5.74) is 10.9. The van der Waals surface area contributed by atoms with Gasteiger partial charge in [-0.05, 0) is 34.2 Å². The molecule has 1 amide bonds. The van der Waals surface area contributed by atoms with Gasteiger partial charge in [-0.3, -0.25) is 4.79 Å². The molecule has 3 N–H and O–H groups in total. The average Bonchev–Trinajstić information content (AvgIpc) is 3.29. The number of nitrogens with two attached hydrogens (primary N) is 1. The highest BCUT2D eigenvalue weighted by Crippen LogP contribution is 2.25. The van der Waals surface area contributed by atoms with Crippen LogP contribution in [-0.2, 0) is 17.9 Å². The molecule has 0 spiro atoms. The summed E-state index contributed by atoms with van der Waals surface area (Å²) in [6.45, 7) is 0.478. The molecule has 0 radical (unpaired) electrons. The van der Waals surface area contributed by atoms with Crippen LogP contribution < -0.4 is 11.2 Å². The van der Waals surface area contributed by atoms with Gasteiger partial charge in [0, 0.05) is 29.2 Å². The normalized spacial score (nSPS) is 11.4. The number of hydrogen-bond donors (Lipinski definition) is 2. The first-order valence-corrected chi connectivity index (χ1v) is 9.62. The number of tetrazole rings is 1. The standard InChI is InChI=1S/C19H16Cl2N8O/c20-15-6-5-12(7-16(15)21)9-28-10-13(14-3-1-2-4-17(14)28)8-23-24-18(30)11-29-19(22)25-26-27-29/h1-8,10H,9,11H2,(H,24,30)(H2,22,25,27)/b23-8+. The van der Waals surface area contributed by atoms with Crippen LogP contribution in [0.4, 0.5) is 5.95 Å². The molecule has 4 aromatic rings. The molecular formula is C19H16Cl2N8O. The number of halogens is 2. The van der Waals surface area contributed by atoms with Gasteiger partial charge in [-0.2, -0.15) is 5.10 Å². The Balaban J connectivity index is 1.53. The maximum Gasteiger partial charge on any atom is 0.261 e. The van der Waals surface area contributed by atoms with Crippen molar-refractivity contribution in [3.05, 3.63) is 69.8 Å². The minimum Gasteiger partial charge on any atom is -0.367 e. The lowest BCUT2D eigenvalue weighted by atomic mass is 10.2. The monoisotopic (exact) mass is 442 g/mol. The molecular weight excluding hydrogens is 427 g/mol. The fourth-order valence-corrected chi connectivity index (χ4v) is 3.33. The molecule has 9 nitrogen and oxygen atoms in total. The molecule has 0 saturated carbocycles. The number of nitrogens with zero attached hydrogens (tertiary/aromatic N) is 6. The van der Waals surface area contributed by atoms with Gasteiger partial charge in [-0.25, -0.2) is 10.1 Å². The second-order valence-corrected chi connectivity index (χ2v) is 7.28. The summed E-state index contributed by atoms with van der Waals surface area (Å²) in [5, 5.41) is 16.6. The van der Waals surface area contributed by atoms with Crippen LogP contribution in [0.25, 0.3) is 10.9 Å². The largest absolute Gasteiger partial charge is 0.367 e. The summed E-state index contributed by atoms with van der Waals surface area (Å²) in [7, 11) is 0. The van der Waals surface area contributed by atoms with E-state index < -0.39 is 5.91 Å². The fourth-order valence-electron chi connectivity index (χ4n) is 3.01. The van der Waals surface area contributed by atoms with Crippen LogP contribution in [-0.4, -0.2) is 36.9 Å². The third-order valence-electron chi connectivity index (χ3n) is 4.40. The topological polar surface area (TPSA) is 116 Å². The number of rotatable bonds is 6. The Labute approximate surface area is 181 Å². The zero-order valence-corrected chi connectivity index (χ0v) is 17.0. The average molecular weight is 443 g/mol. The molecule has 0 atom stereocenters. The lowest BCUT2D eigenvalue weighted by molar-refractivity contribution is -0.121. The molecule has 4 rings (SSSR count). The van der Waals surface area contributed by atoms with Crippen molar-refractivity contribution in [3.63, 3.8) is 0 Å². The number of carbonyl (C=O) groups excluding carboxylic acids is 1. The van der Waals surface area contributed by atoms with E-state index in [2.05, 4.69) is 30.6 Å². The van der Waals surface area contributed by atoms with E-state index >= 15 is 0 Å². The minimum atomic E-state index is -0.398. The molecule has 2 aromatic carbocycles. The van der Waals surface area contributed by atoms with E-state index in [1.807, 2.05) is 42.6 Å². The highest BCUT2D eigenvalue weighted by atomic mass is 35.5. The summed E-state index contributed by atoms with van der Waals surface area (Å²) in [5.74, 6) is -0.343. The van der Waals surface area contributed by atoms with Crippen LogP contribution in [0.15, 0.2) is 53.8 Å². The predicted molar refractivity (Wildman–Crippen MR) is 115 cm³/mol. The number of aromatic nitrogens is 5. The number of hydrazone groups is 1. The summed E-state index contributed by atoms with van der Waals surface area (Å²) in [6.07, 6.45) is 3.55. The number of nitrogens with one attached hydrogen (secondary N) is 1. The van der Waals surface area contributed by atoms with E-state index in [9.17, 15) is 4.79 Å². The van der Waals surface area contributed by atoms with Crippen LogP contribution in [0.2, 0.25) is 10.0 Å². The van der Waals surface area contributed by atoms with Crippen molar-refractivity contribution in [2.45, 2.75) is 13.1 Å². The van der Waals surface area contributed by atoms with Gasteiger partial charge < -0.3 is 10.3 Å².